The first-order chi connectivity index (χ1) is 12.9. The van der Waals surface area contributed by atoms with Gasteiger partial charge in [0.2, 0.25) is 11.6 Å². The molecule has 11 N–H and O–H groups in total. The molecule has 0 aromatic carbocycles. The van der Waals surface area contributed by atoms with Crippen LogP contribution in [0.15, 0.2) is 0 Å². The Morgan fingerprint density at radius 2 is 1.75 bits per heavy atom. The Hall–Kier alpha value is -1.01. The quantitative estimate of drug-likeness (QED) is 0.188. The number of ether oxygens (including phenoxy) is 3. The Morgan fingerprint density at radius 1 is 1.14 bits per heavy atom. The molecule has 0 unspecified atom stereocenters. The van der Waals surface area contributed by atoms with Gasteiger partial charge in [-0.2, -0.15) is 0 Å². The average Bonchev–Trinajstić information content (AvgIpc) is 2.63. The molecule has 2 fully saturated rings. The first-order valence-corrected chi connectivity index (χ1v) is 8.32. The molecule has 28 heavy (non-hydrogen) atoms. The summed E-state index contributed by atoms with van der Waals surface area (Å²) < 4.78 is 15.5. The summed E-state index contributed by atoms with van der Waals surface area (Å²) in [5.41, 5.74) is 0.190. The lowest BCUT2D eigenvalue weighted by Crippen LogP contribution is -2.83. The maximum atomic E-state index is 11.5. The van der Waals surface area contributed by atoms with Gasteiger partial charge < -0.3 is 60.4 Å². The number of rotatable bonds is 5. The van der Waals surface area contributed by atoms with E-state index in [4.69, 9.17) is 19.9 Å². The second kappa shape index (κ2) is 8.39. The lowest BCUT2D eigenvalue weighted by molar-refractivity contribution is -0.398. The number of aliphatic hydroxyl groups excluding tert-OH is 7. The van der Waals surface area contributed by atoms with E-state index < -0.39 is 79.8 Å². The lowest BCUT2D eigenvalue weighted by atomic mass is 9.87. The highest BCUT2D eigenvalue weighted by Gasteiger charge is 2.64. The fourth-order valence-corrected chi connectivity index (χ4v) is 3.13. The van der Waals surface area contributed by atoms with Crippen molar-refractivity contribution in [3.05, 3.63) is 0 Å². The minimum atomic E-state index is -2.86. The largest absolute Gasteiger partial charge is 0.394 e. The normalized spacial score (nSPS) is 49.6. The second-order valence-corrected chi connectivity index (χ2v) is 6.74. The number of hydrogen-bond acceptors (Lipinski definition) is 13. The van der Waals surface area contributed by atoms with E-state index in [1.165, 1.54) is 0 Å². The Balaban J connectivity index is 2.32. The van der Waals surface area contributed by atoms with Gasteiger partial charge >= 0.3 is 0 Å². The van der Waals surface area contributed by atoms with Gasteiger partial charge in [0.1, 0.15) is 36.6 Å². The average molecular weight is 414 g/mol. The van der Waals surface area contributed by atoms with E-state index in [-0.39, 0.29) is 0 Å². The first-order valence-electron chi connectivity index (χ1n) is 8.32. The van der Waals surface area contributed by atoms with E-state index in [2.05, 4.69) is 0 Å². The Bertz CT molecular complexity index is 562. The van der Waals surface area contributed by atoms with Crippen molar-refractivity contribution in [2.24, 2.45) is 5.73 Å². The summed E-state index contributed by atoms with van der Waals surface area (Å²) in [6.45, 7) is -0.936. The van der Waals surface area contributed by atoms with Crippen molar-refractivity contribution in [3.8, 4) is 0 Å². The number of aliphatic hydroxyl groups is 8. The standard InChI is InChI=1S/C14H26N2O12/c1-4(19)16-13(3-18)14(15,25)10(23)8(22)12(28-13)27-9-5(2-17)26-11(24)7(21)6(9)20/h5-12,17-18,20-25H,2-3,15H2,1H3,(H,16,19)/t5-,6-,7-,8-,9-,10+,11-,12+,13-,14-/m1/s1. The fraction of sp³-hybridized carbons (Fsp3) is 0.929. The van der Waals surface area contributed by atoms with Crippen LogP contribution in [0.1, 0.15) is 6.92 Å². The number of nitrogens with two attached hydrogens (primary N) is 1. The summed E-state index contributed by atoms with van der Waals surface area (Å²) in [6, 6.07) is 0. The Morgan fingerprint density at radius 3 is 2.25 bits per heavy atom. The molecule has 2 heterocycles. The molecule has 2 aliphatic heterocycles. The highest BCUT2D eigenvalue weighted by molar-refractivity contribution is 5.73. The zero-order valence-electron chi connectivity index (χ0n) is 14.8. The maximum Gasteiger partial charge on any atom is 0.219 e. The highest BCUT2D eigenvalue weighted by Crippen LogP contribution is 2.35. The summed E-state index contributed by atoms with van der Waals surface area (Å²) in [4.78, 5) is 11.5. The third kappa shape index (κ3) is 3.87. The zero-order chi connectivity index (χ0) is 21.4. The fourth-order valence-electron chi connectivity index (χ4n) is 3.13. The van der Waals surface area contributed by atoms with Gasteiger partial charge in [0.05, 0.1) is 13.2 Å². The predicted octanol–water partition coefficient (Wildman–Crippen LogP) is -6.65. The van der Waals surface area contributed by atoms with Crippen LogP contribution in [0.25, 0.3) is 0 Å². The molecule has 0 spiro atoms. The molecule has 2 aliphatic rings. The van der Waals surface area contributed by atoms with E-state index >= 15 is 0 Å². The molecule has 1 amide bonds. The molecule has 14 heteroatoms. The molecule has 0 saturated carbocycles. The molecular formula is C14H26N2O12. The van der Waals surface area contributed by atoms with Crippen LogP contribution >= 0.6 is 0 Å². The third-order valence-electron chi connectivity index (χ3n) is 4.75. The smallest absolute Gasteiger partial charge is 0.219 e. The number of hydrogen-bond donors (Lipinski definition) is 10. The van der Waals surface area contributed by atoms with Gasteiger partial charge in [-0.15, -0.1) is 0 Å². The second-order valence-electron chi connectivity index (χ2n) is 6.74. The zero-order valence-corrected chi connectivity index (χ0v) is 14.8. The minimum absolute atomic E-state index is 0.783. The van der Waals surface area contributed by atoms with Crippen LogP contribution < -0.4 is 11.1 Å². The molecule has 0 aromatic rings. The number of carbonyl (C=O) groups excluding carboxylic acids is 1. The molecular weight excluding hydrogens is 388 g/mol. The van der Waals surface area contributed by atoms with Crippen LogP contribution in [0, 0.1) is 0 Å². The molecule has 0 bridgehead atoms. The predicted molar refractivity (Wildman–Crippen MR) is 84.5 cm³/mol. The number of nitrogens with one attached hydrogen (secondary N) is 1. The highest BCUT2D eigenvalue weighted by atomic mass is 16.7. The van der Waals surface area contributed by atoms with Gasteiger partial charge in [-0.3, -0.25) is 10.5 Å². The van der Waals surface area contributed by atoms with Crippen LogP contribution in [0.5, 0.6) is 0 Å². The van der Waals surface area contributed by atoms with Gasteiger partial charge in [-0.25, -0.2) is 0 Å². The van der Waals surface area contributed by atoms with Crippen molar-refractivity contribution in [3.63, 3.8) is 0 Å². The van der Waals surface area contributed by atoms with E-state index in [1.807, 2.05) is 5.32 Å². The Kier molecular flexibility index (Phi) is 6.97. The van der Waals surface area contributed by atoms with Crippen molar-refractivity contribution in [2.75, 3.05) is 13.2 Å². The number of carbonyl (C=O) groups is 1. The van der Waals surface area contributed by atoms with Crippen LogP contribution in [-0.4, -0.2) is 121 Å². The summed E-state index contributed by atoms with van der Waals surface area (Å²) in [5.74, 6) is -0.826. The first kappa shape index (κ1) is 23.3. The van der Waals surface area contributed by atoms with E-state index in [0.29, 0.717) is 0 Å². The Labute approximate surface area is 158 Å². The van der Waals surface area contributed by atoms with E-state index in [0.717, 1.165) is 6.92 Å². The molecule has 14 nitrogen and oxygen atoms in total. The molecule has 0 radical (unpaired) electrons. The van der Waals surface area contributed by atoms with Crippen molar-refractivity contribution in [1.82, 2.24) is 5.32 Å². The van der Waals surface area contributed by atoms with Crippen molar-refractivity contribution in [2.45, 2.75) is 67.6 Å². The van der Waals surface area contributed by atoms with Gasteiger partial charge in [0.15, 0.2) is 18.3 Å². The summed E-state index contributed by atoms with van der Waals surface area (Å²) in [7, 11) is 0. The van der Waals surface area contributed by atoms with Gasteiger partial charge in [-0.1, -0.05) is 0 Å². The summed E-state index contributed by atoms with van der Waals surface area (Å²) in [5, 5.41) is 81.1. The number of amides is 1. The van der Waals surface area contributed by atoms with Crippen LogP contribution in [0.2, 0.25) is 0 Å². The van der Waals surface area contributed by atoms with E-state index in [9.17, 15) is 45.6 Å². The lowest BCUT2D eigenvalue weighted by Gasteiger charge is -2.53. The van der Waals surface area contributed by atoms with Crippen LogP contribution in [-0.2, 0) is 19.0 Å². The molecule has 2 saturated heterocycles. The molecule has 10 atom stereocenters. The summed E-state index contributed by atoms with van der Waals surface area (Å²) >= 11 is 0. The van der Waals surface area contributed by atoms with Gasteiger partial charge in [-0.05, 0) is 0 Å². The van der Waals surface area contributed by atoms with Crippen LogP contribution in [0.4, 0.5) is 0 Å². The SMILES string of the molecule is CC(=O)N[C@]1(CO)O[C@H](O[C@H]2[C@H](O)[C@@H](O)[C@H](O)O[C@@H]2CO)[C@H](O)[C@H](O)[C@@]1(N)O. The van der Waals surface area contributed by atoms with Gasteiger partial charge in [0.25, 0.3) is 0 Å². The third-order valence-corrected chi connectivity index (χ3v) is 4.75. The summed E-state index contributed by atoms with van der Waals surface area (Å²) in [6.07, 6.45) is -14.7. The van der Waals surface area contributed by atoms with Crippen molar-refractivity contribution < 1.29 is 59.9 Å². The molecule has 2 rings (SSSR count). The van der Waals surface area contributed by atoms with Crippen molar-refractivity contribution >= 4 is 5.91 Å². The maximum absolute atomic E-state index is 11.5. The molecule has 0 aliphatic carbocycles. The topological polar surface area (TPSA) is 245 Å². The van der Waals surface area contributed by atoms with Crippen molar-refractivity contribution in [1.29, 1.82) is 0 Å². The molecule has 0 aromatic heterocycles. The molecule has 164 valence electrons. The van der Waals surface area contributed by atoms with Gasteiger partial charge in [0, 0.05) is 6.92 Å². The van der Waals surface area contributed by atoms with Crippen LogP contribution in [0.3, 0.4) is 0 Å². The monoisotopic (exact) mass is 414 g/mol. The van der Waals surface area contributed by atoms with E-state index in [1.54, 1.807) is 0 Å². The minimum Gasteiger partial charge on any atom is -0.394 e.